The number of hydrogen-bond donors (Lipinski definition) is 1. The molecule has 1 aromatic heterocycles. The number of nitrogens with zero attached hydrogens (tertiary/aromatic N) is 2. The maximum atomic E-state index is 12.4. The zero-order chi connectivity index (χ0) is 13.0. The van der Waals surface area contributed by atoms with Crippen molar-refractivity contribution in [3.8, 4) is 0 Å². The molecule has 0 amide bonds. The number of nitrogens with one attached hydrogen (secondary N) is 1. The summed E-state index contributed by atoms with van der Waals surface area (Å²) in [6, 6.07) is 1.96. The van der Waals surface area contributed by atoms with Crippen molar-refractivity contribution in [2.24, 2.45) is 0 Å². The molecule has 96 valence electrons. The van der Waals surface area contributed by atoms with Crippen molar-refractivity contribution >= 4 is 5.82 Å². The third kappa shape index (κ3) is 3.63. The van der Waals surface area contributed by atoms with E-state index in [0.29, 0.717) is 12.4 Å². The lowest BCUT2D eigenvalue weighted by Crippen LogP contribution is -2.27. The van der Waals surface area contributed by atoms with Crippen molar-refractivity contribution in [3.63, 3.8) is 0 Å². The maximum absolute atomic E-state index is 12.4. The molecule has 0 unspecified atom stereocenters. The van der Waals surface area contributed by atoms with Crippen LogP contribution < -0.4 is 10.2 Å². The van der Waals surface area contributed by atoms with Gasteiger partial charge in [-0.1, -0.05) is 0 Å². The van der Waals surface area contributed by atoms with Gasteiger partial charge in [-0.25, -0.2) is 13.8 Å². The summed E-state index contributed by atoms with van der Waals surface area (Å²) in [7, 11) is 3.47. The Morgan fingerprint density at radius 3 is 2.59 bits per heavy atom. The quantitative estimate of drug-likeness (QED) is 0.858. The molecule has 0 spiro atoms. The van der Waals surface area contributed by atoms with Crippen LogP contribution in [0.5, 0.6) is 0 Å². The highest BCUT2D eigenvalue weighted by Gasteiger charge is 2.15. The Morgan fingerprint density at radius 2 is 2.06 bits per heavy atom. The summed E-state index contributed by atoms with van der Waals surface area (Å²) >= 11 is 0. The molecule has 1 aromatic rings. The van der Waals surface area contributed by atoms with Crippen molar-refractivity contribution in [1.82, 2.24) is 10.3 Å². The number of alkyl halides is 2. The van der Waals surface area contributed by atoms with E-state index in [-0.39, 0.29) is 6.54 Å². The Balaban J connectivity index is 3.10. The molecular weight excluding hydrogens is 224 g/mol. The van der Waals surface area contributed by atoms with Crippen molar-refractivity contribution in [3.05, 3.63) is 22.9 Å². The van der Waals surface area contributed by atoms with Gasteiger partial charge >= 0.3 is 0 Å². The van der Waals surface area contributed by atoms with E-state index in [0.717, 1.165) is 16.8 Å². The van der Waals surface area contributed by atoms with Crippen LogP contribution in [-0.2, 0) is 6.54 Å². The van der Waals surface area contributed by atoms with Crippen LogP contribution in [0.1, 0.15) is 16.8 Å². The van der Waals surface area contributed by atoms with Gasteiger partial charge < -0.3 is 10.2 Å². The normalized spacial score (nSPS) is 11.0. The molecule has 0 aliphatic carbocycles. The first-order valence-electron chi connectivity index (χ1n) is 5.56. The second-order valence-corrected chi connectivity index (χ2v) is 4.18. The monoisotopic (exact) mass is 243 g/mol. The molecule has 0 radical (unpaired) electrons. The van der Waals surface area contributed by atoms with Gasteiger partial charge in [0.25, 0.3) is 6.43 Å². The van der Waals surface area contributed by atoms with Gasteiger partial charge in [0.05, 0.1) is 6.54 Å². The fraction of sp³-hybridized carbons (Fsp3) is 0.583. The highest BCUT2D eigenvalue weighted by molar-refractivity contribution is 5.51. The second-order valence-electron chi connectivity index (χ2n) is 4.18. The van der Waals surface area contributed by atoms with E-state index in [1.807, 2.05) is 27.0 Å². The SMILES string of the molecule is CNCc1c(C)cc(C)nc1N(C)CC(F)F. The van der Waals surface area contributed by atoms with Gasteiger partial charge in [0, 0.05) is 24.8 Å². The number of aryl methyl sites for hydroxylation is 2. The summed E-state index contributed by atoms with van der Waals surface area (Å²) in [5.41, 5.74) is 2.89. The zero-order valence-electron chi connectivity index (χ0n) is 10.7. The minimum atomic E-state index is -2.36. The summed E-state index contributed by atoms with van der Waals surface area (Å²) in [6.07, 6.45) is -2.36. The minimum absolute atomic E-state index is 0.299. The predicted octanol–water partition coefficient (Wildman–Crippen LogP) is 2.12. The summed E-state index contributed by atoms with van der Waals surface area (Å²) < 4.78 is 24.8. The smallest absolute Gasteiger partial charge is 0.255 e. The predicted molar refractivity (Wildman–Crippen MR) is 65.7 cm³/mol. The van der Waals surface area contributed by atoms with Crippen molar-refractivity contribution in [2.75, 3.05) is 25.5 Å². The first-order chi connectivity index (χ1) is 7.95. The number of hydrogen-bond acceptors (Lipinski definition) is 3. The molecule has 17 heavy (non-hydrogen) atoms. The molecule has 1 rings (SSSR count). The highest BCUT2D eigenvalue weighted by Crippen LogP contribution is 2.22. The van der Waals surface area contributed by atoms with Crippen LogP contribution in [0, 0.1) is 13.8 Å². The van der Waals surface area contributed by atoms with Crippen LogP contribution in [-0.4, -0.2) is 32.0 Å². The van der Waals surface area contributed by atoms with Crippen molar-refractivity contribution in [1.29, 1.82) is 0 Å². The average Bonchev–Trinajstić information content (AvgIpc) is 2.20. The molecule has 0 bridgehead atoms. The first kappa shape index (κ1) is 13.8. The fourth-order valence-corrected chi connectivity index (χ4v) is 1.85. The van der Waals surface area contributed by atoms with E-state index < -0.39 is 6.43 Å². The molecule has 0 fully saturated rings. The largest absolute Gasteiger partial charge is 0.354 e. The van der Waals surface area contributed by atoms with E-state index >= 15 is 0 Å². The first-order valence-corrected chi connectivity index (χ1v) is 5.56. The molecule has 0 saturated heterocycles. The minimum Gasteiger partial charge on any atom is -0.354 e. The van der Waals surface area contributed by atoms with Gasteiger partial charge in [-0.15, -0.1) is 0 Å². The van der Waals surface area contributed by atoms with Gasteiger partial charge in [0.1, 0.15) is 5.82 Å². The van der Waals surface area contributed by atoms with Gasteiger partial charge in [0.2, 0.25) is 0 Å². The lowest BCUT2D eigenvalue weighted by Gasteiger charge is -2.22. The molecule has 0 atom stereocenters. The highest BCUT2D eigenvalue weighted by atomic mass is 19.3. The Bertz CT molecular complexity index is 380. The third-order valence-corrected chi connectivity index (χ3v) is 2.58. The number of rotatable bonds is 5. The second kappa shape index (κ2) is 5.91. The van der Waals surface area contributed by atoms with Crippen molar-refractivity contribution in [2.45, 2.75) is 26.8 Å². The van der Waals surface area contributed by atoms with Gasteiger partial charge in [0.15, 0.2) is 0 Å². The van der Waals surface area contributed by atoms with Crippen LogP contribution in [0.4, 0.5) is 14.6 Å². The number of pyridine rings is 1. The lowest BCUT2D eigenvalue weighted by atomic mass is 10.1. The molecule has 3 nitrogen and oxygen atoms in total. The maximum Gasteiger partial charge on any atom is 0.255 e. The van der Waals surface area contributed by atoms with Crippen LogP contribution in [0.15, 0.2) is 6.07 Å². The molecule has 0 saturated carbocycles. The average molecular weight is 243 g/mol. The third-order valence-electron chi connectivity index (χ3n) is 2.58. The Morgan fingerprint density at radius 1 is 1.41 bits per heavy atom. The van der Waals surface area contributed by atoms with Gasteiger partial charge in [-0.3, -0.25) is 0 Å². The topological polar surface area (TPSA) is 28.2 Å². The number of halogens is 2. The molecule has 5 heteroatoms. The fourth-order valence-electron chi connectivity index (χ4n) is 1.85. The molecule has 1 heterocycles. The van der Waals surface area contributed by atoms with Crippen LogP contribution in [0.2, 0.25) is 0 Å². The van der Waals surface area contributed by atoms with E-state index in [9.17, 15) is 8.78 Å². The molecule has 0 aromatic carbocycles. The van der Waals surface area contributed by atoms with E-state index in [1.165, 1.54) is 4.90 Å². The molecule has 1 N–H and O–H groups in total. The van der Waals surface area contributed by atoms with E-state index in [1.54, 1.807) is 7.05 Å². The standard InChI is InChI=1S/C12H19F2N3/c1-8-5-9(2)16-12(10(8)6-15-3)17(4)7-11(13)14/h5,11,15H,6-7H2,1-4H3. The summed E-state index contributed by atoms with van der Waals surface area (Å²) in [5, 5.41) is 3.04. The summed E-state index contributed by atoms with van der Waals surface area (Å²) in [6.45, 7) is 4.17. The Kier molecular flexibility index (Phi) is 4.81. The van der Waals surface area contributed by atoms with Gasteiger partial charge in [-0.05, 0) is 32.5 Å². The number of aromatic nitrogens is 1. The molecular formula is C12H19F2N3. The summed E-state index contributed by atoms with van der Waals surface area (Å²) in [5.74, 6) is 0.636. The van der Waals surface area contributed by atoms with Crippen LogP contribution >= 0.6 is 0 Å². The van der Waals surface area contributed by atoms with E-state index in [4.69, 9.17) is 0 Å². The Hall–Kier alpha value is -1.23. The zero-order valence-corrected chi connectivity index (χ0v) is 10.7. The summed E-state index contributed by atoms with van der Waals surface area (Å²) in [4.78, 5) is 5.87. The van der Waals surface area contributed by atoms with E-state index in [2.05, 4.69) is 10.3 Å². The van der Waals surface area contributed by atoms with Crippen LogP contribution in [0.25, 0.3) is 0 Å². The van der Waals surface area contributed by atoms with Crippen LogP contribution in [0.3, 0.4) is 0 Å². The lowest BCUT2D eigenvalue weighted by molar-refractivity contribution is 0.156. The number of anilines is 1. The molecule has 0 aliphatic heterocycles. The van der Waals surface area contributed by atoms with Crippen molar-refractivity contribution < 1.29 is 8.78 Å². The van der Waals surface area contributed by atoms with Gasteiger partial charge in [-0.2, -0.15) is 0 Å². The Labute approximate surface area is 101 Å². The molecule has 0 aliphatic rings.